The lowest BCUT2D eigenvalue weighted by atomic mass is 10.3. The maximum Gasteiger partial charge on any atom is 0.383 e. The number of benzene rings is 1. The number of amides is 2. The van der Waals surface area contributed by atoms with Crippen molar-refractivity contribution in [1.29, 1.82) is 0 Å². The van der Waals surface area contributed by atoms with Crippen molar-refractivity contribution in [1.82, 2.24) is 0 Å². The van der Waals surface area contributed by atoms with E-state index in [4.69, 9.17) is 0 Å². The highest BCUT2D eigenvalue weighted by atomic mass is 19.1. The van der Waals surface area contributed by atoms with E-state index in [-0.39, 0.29) is 0 Å². The molecule has 0 spiro atoms. The van der Waals surface area contributed by atoms with E-state index in [0.717, 1.165) is 0 Å². The zero-order valence-electron chi connectivity index (χ0n) is 5.95. The Labute approximate surface area is 67.4 Å². The van der Waals surface area contributed by atoms with Crippen LogP contribution in [0.1, 0.15) is 0 Å². The maximum absolute atomic E-state index is 12.3. The van der Waals surface area contributed by atoms with Crippen molar-refractivity contribution in [2.24, 2.45) is 5.18 Å². The van der Waals surface area contributed by atoms with Crippen LogP contribution >= 0.6 is 0 Å². The highest BCUT2D eigenvalue weighted by Gasteiger charge is 1.99. The molecule has 0 aromatic heterocycles. The Balaban J connectivity index is 2.71. The highest BCUT2D eigenvalue weighted by molar-refractivity contribution is 5.89. The summed E-state index contributed by atoms with van der Waals surface area (Å²) >= 11 is 0. The maximum atomic E-state index is 12.3. The fraction of sp³-hybridized carbons (Fsp3) is 0. The van der Waals surface area contributed by atoms with Gasteiger partial charge in [0.1, 0.15) is 5.82 Å². The first-order valence-electron chi connectivity index (χ1n) is 3.12. The van der Waals surface area contributed by atoms with Gasteiger partial charge in [0.05, 0.1) is 0 Å². The molecule has 1 rings (SSSR count). The summed E-state index contributed by atoms with van der Waals surface area (Å²) < 4.78 is 12.3. The van der Waals surface area contributed by atoms with Crippen LogP contribution in [0.25, 0.3) is 0 Å². The Morgan fingerprint density at radius 2 is 1.92 bits per heavy atom. The lowest BCUT2D eigenvalue weighted by Crippen LogP contribution is -2.04. The molecule has 0 atom stereocenters. The zero-order chi connectivity index (χ0) is 8.97. The average Bonchev–Trinajstić information content (AvgIpc) is 2.09. The predicted molar refractivity (Wildman–Crippen MR) is 41.2 cm³/mol. The van der Waals surface area contributed by atoms with Gasteiger partial charge in [0.2, 0.25) is 0 Å². The van der Waals surface area contributed by atoms with Crippen LogP contribution in [0.4, 0.5) is 14.9 Å². The van der Waals surface area contributed by atoms with Crippen LogP contribution in [0.15, 0.2) is 29.4 Å². The van der Waals surface area contributed by atoms with Gasteiger partial charge in [0.15, 0.2) is 0 Å². The van der Waals surface area contributed by atoms with Gasteiger partial charge in [-0.1, -0.05) is 0 Å². The summed E-state index contributed by atoms with van der Waals surface area (Å²) in [5.74, 6) is -0.410. The Kier molecular flexibility index (Phi) is 2.47. The second kappa shape index (κ2) is 3.56. The minimum absolute atomic E-state index is 0.334. The van der Waals surface area contributed by atoms with E-state index in [1.165, 1.54) is 24.3 Å². The summed E-state index contributed by atoms with van der Waals surface area (Å²) in [5, 5.41) is 4.25. The van der Waals surface area contributed by atoms with Gasteiger partial charge in [-0.15, -0.1) is 4.91 Å². The number of carbonyl (C=O) groups is 1. The van der Waals surface area contributed by atoms with Gasteiger partial charge in [0.25, 0.3) is 0 Å². The number of hydrogen-bond acceptors (Lipinski definition) is 2. The van der Waals surface area contributed by atoms with Crippen molar-refractivity contribution in [2.75, 3.05) is 5.32 Å². The molecule has 1 N–H and O–H groups in total. The molecule has 0 heterocycles. The second-order valence-corrected chi connectivity index (χ2v) is 2.03. The van der Waals surface area contributed by atoms with Crippen molar-refractivity contribution in [3.05, 3.63) is 35.0 Å². The predicted octanol–water partition coefficient (Wildman–Crippen LogP) is 2.12. The molecule has 0 aliphatic heterocycles. The monoisotopic (exact) mass is 168 g/mol. The third kappa shape index (κ3) is 2.12. The number of anilines is 1. The van der Waals surface area contributed by atoms with E-state index in [9.17, 15) is 14.1 Å². The molecule has 0 unspecified atom stereocenters. The Hall–Kier alpha value is -1.78. The van der Waals surface area contributed by atoms with Crippen LogP contribution in [0.3, 0.4) is 0 Å². The first kappa shape index (κ1) is 8.32. The van der Waals surface area contributed by atoms with Crippen molar-refractivity contribution >= 4 is 11.7 Å². The number of nitroso groups, excluding NO2 is 1. The van der Waals surface area contributed by atoms with E-state index in [1.807, 2.05) is 0 Å². The summed E-state index contributed by atoms with van der Waals surface area (Å²) in [6.07, 6.45) is 0. The van der Waals surface area contributed by atoms with Crippen LogP contribution in [-0.4, -0.2) is 6.03 Å². The van der Waals surface area contributed by atoms with Gasteiger partial charge in [0, 0.05) is 10.9 Å². The van der Waals surface area contributed by atoms with Crippen molar-refractivity contribution in [2.45, 2.75) is 0 Å². The van der Waals surface area contributed by atoms with Crippen molar-refractivity contribution in [3.8, 4) is 0 Å². The second-order valence-electron chi connectivity index (χ2n) is 2.03. The van der Waals surface area contributed by atoms with Crippen LogP contribution in [0.2, 0.25) is 0 Å². The number of nitrogens with one attached hydrogen (secondary N) is 1. The average molecular weight is 168 g/mol. The van der Waals surface area contributed by atoms with Gasteiger partial charge in [-0.2, -0.15) is 0 Å². The smallest absolute Gasteiger partial charge is 0.304 e. The van der Waals surface area contributed by atoms with Gasteiger partial charge in [-0.05, 0) is 24.3 Å². The van der Waals surface area contributed by atoms with E-state index in [2.05, 4.69) is 10.5 Å². The molecule has 0 aliphatic rings. The zero-order valence-corrected chi connectivity index (χ0v) is 5.95. The number of hydrogen-bond donors (Lipinski definition) is 1. The molecule has 1 aromatic rings. The minimum Gasteiger partial charge on any atom is -0.304 e. The fourth-order valence-electron chi connectivity index (χ4n) is 0.680. The fourth-order valence-corrected chi connectivity index (χ4v) is 0.680. The first-order valence-corrected chi connectivity index (χ1v) is 3.12. The third-order valence-corrected chi connectivity index (χ3v) is 1.18. The third-order valence-electron chi connectivity index (χ3n) is 1.18. The van der Waals surface area contributed by atoms with Gasteiger partial charge in [-0.25, -0.2) is 9.18 Å². The topological polar surface area (TPSA) is 58.5 Å². The van der Waals surface area contributed by atoms with Crippen LogP contribution in [0.5, 0.6) is 0 Å². The quantitative estimate of drug-likeness (QED) is 0.653. The normalized spacial score (nSPS) is 9.08. The lowest BCUT2D eigenvalue weighted by Gasteiger charge is -1.97. The van der Waals surface area contributed by atoms with Gasteiger partial charge >= 0.3 is 6.03 Å². The largest absolute Gasteiger partial charge is 0.383 e. The van der Waals surface area contributed by atoms with Crippen molar-refractivity contribution in [3.63, 3.8) is 0 Å². The lowest BCUT2D eigenvalue weighted by molar-refractivity contribution is 0.259. The molecular formula is C7H5FN2O2. The summed E-state index contributed by atoms with van der Waals surface area (Å²) in [4.78, 5) is 20.0. The first-order chi connectivity index (χ1) is 5.72. The molecule has 0 bridgehead atoms. The summed E-state index contributed by atoms with van der Waals surface area (Å²) in [5.41, 5.74) is 0.334. The molecule has 0 saturated carbocycles. The number of nitrogens with zero attached hydrogens (tertiary/aromatic N) is 1. The van der Waals surface area contributed by atoms with E-state index in [1.54, 1.807) is 0 Å². The number of rotatable bonds is 1. The SMILES string of the molecule is O=NC(=O)Nc1ccc(F)cc1. The number of halogens is 1. The van der Waals surface area contributed by atoms with Crippen LogP contribution in [-0.2, 0) is 0 Å². The highest BCUT2D eigenvalue weighted by Crippen LogP contribution is 2.07. The Morgan fingerprint density at radius 1 is 1.33 bits per heavy atom. The Morgan fingerprint density at radius 3 is 2.42 bits per heavy atom. The van der Waals surface area contributed by atoms with Gasteiger partial charge in [-0.3, -0.25) is 0 Å². The molecule has 0 saturated heterocycles. The molecule has 0 fully saturated rings. The molecule has 1 aromatic carbocycles. The summed E-state index contributed by atoms with van der Waals surface area (Å²) in [6.45, 7) is 0. The molecule has 4 nitrogen and oxygen atoms in total. The van der Waals surface area contributed by atoms with E-state index >= 15 is 0 Å². The molecule has 0 radical (unpaired) electrons. The molecular weight excluding hydrogens is 163 g/mol. The van der Waals surface area contributed by atoms with E-state index < -0.39 is 11.8 Å². The van der Waals surface area contributed by atoms with Gasteiger partial charge < -0.3 is 5.32 Å². The minimum atomic E-state index is -0.999. The summed E-state index contributed by atoms with van der Waals surface area (Å²) in [7, 11) is 0. The standard InChI is InChI=1S/C7H5FN2O2/c8-5-1-3-6(4-2-5)9-7(11)10-12/h1-4H,(H,9,11). The molecule has 2 amide bonds. The molecule has 12 heavy (non-hydrogen) atoms. The molecule has 0 aliphatic carbocycles. The summed E-state index contributed by atoms with van der Waals surface area (Å²) in [6, 6.07) is 4.00. The van der Waals surface area contributed by atoms with Crippen LogP contribution in [0, 0.1) is 10.7 Å². The van der Waals surface area contributed by atoms with E-state index in [0.29, 0.717) is 5.69 Å². The molecule has 62 valence electrons. The Bertz CT molecular complexity index is 297. The number of urea groups is 1. The van der Waals surface area contributed by atoms with Crippen molar-refractivity contribution < 1.29 is 9.18 Å². The van der Waals surface area contributed by atoms with Crippen LogP contribution < -0.4 is 5.32 Å². The number of carbonyl (C=O) groups excluding carboxylic acids is 1. The molecule has 5 heteroatoms.